The van der Waals surface area contributed by atoms with Gasteiger partial charge < -0.3 is 5.73 Å². The van der Waals surface area contributed by atoms with Crippen LogP contribution in [0.25, 0.3) is 0 Å². The van der Waals surface area contributed by atoms with Crippen LogP contribution in [0.3, 0.4) is 0 Å². The summed E-state index contributed by atoms with van der Waals surface area (Å²) in [6.45, 7) is -0.0625. The molecule has 8 nitrogen and oxygen atoms in total. The molecule has 0 amide bonds. The number of nitrogens with one attached hydrogen (secondary N) is 1. The van der Waals surface area contributed by atoms with Gasteiger partial charge in [0.25, 0.3) is 5.69 Å². The summed E-state index contributed by atoms with van der Waals surface area (Å²) < 4.78 is 36.8. The van der Waals surface area contributed by atoms with Gasteiger partial charge in [0, 0.05) is 41.1 Å². The minimum atomic E-state index is -4.03. The summed E-state index contributed by atoms with van der Waals surface area (Å²) in [6, 6.07) is 3.31. The summed E-state index contributed by atoms with van der Waals surface area (Å²) in [6.07, 6.45) is 1.43. The molecule has 1 aromatic carbocycles. The third kappa shape index (κ3) is 4.26. The Hall–Kier alpha value is -1.52. The van der Waals surface area contributed by atoms with Crippen molar-refractivity contribution >= 4 is 32.2 Å². The van der Waals surface area contributed by atoms with E-state index in [9.17, 15) is 22.7 Å². The molecule has 0 saturated heterocycles. The Kier molecular flexibility index (Phi) is 4.97. The predicted molar refractivity (Wildman–Crippen MR) is 71.6 cm³/mol. The van der Waals surface area contributed by atoms with Crippen molar-refractivity contribution in [1.29, 1.82) is 0 Å². The Bertz CT molecular complexity index is 614. The maximum atomic E-state index is 11.9. The highest BCUT2D eigenvalue weighted by molar-refractivity contribution is 7.89. The second kappa shape index (κ2) is 6.08. The predicted octanol–water partition coefficient (Wildman–Crippen LogP) is -0.166. The van der Waals surface area contributed by atoms with Crippen LogP contribution in [0.4, 0.5) is 11.4 Å². The Morgan fingerprint density at radius 1 is 1.47 bits per heavy atom. The maximum absolute atomic E-state index is 11.9. The molecule has 0 radical (unpaired) electrons. The molecule has 0 fully saturated rings. The summed E-state index contributed by atoms with van der Waals surface area (Å²) in [7, 11) is -5.19. The van der Waals surface area contributed by atoms with E-state index in [0.717, 1.165) is 12.1 Å². The van der Waals surface area contributed by atoms with Crippen molar-refractivity contribution in [1.82, 2.24) is 4.72 Å². The van der Waals surface area contributed by atoms with E-state index >= 15 is 0 Å². The van der Waals surface area contributed by atoms with Gasteiger partial charge in [-0.1, -0.05) is 0 Å². The van der Waals surface area contributed by atoms with E-state index < -0.39 is 36.3 Å². The van der Waals surface area contributed by atoms with Crippen molar-refractivity contribution in [2.24, 2.45) is 0 Å². The Morgan fingerprint density at radius 3 is 2.63 bits per heavy atom. The second-order valence-corrected chi connectivity index (χ2v) is 6.95. The summed E-state index contributed by atoms with van der Waals surface area (Å²) in [5.74, 6) is 0.127. The smallest absolute Gasteiger partial charge is 0.291 e. The largest absolute Gasteiger partial charge is 0.399 e. The molecule has 0 aliphatic rings. The van der Waals surface area contributed by atoms with Crippen molar-refractivity contribution in [3.05, 3.63) is 28.3 Å². The minimum absolute atomic E-state index is 0.0625. The van der Waals surface area contributed by atoms with E-state index in [-0.39, 0.29) is 18.0 Å². The molecule has 0 aliphatic heterocycles. The number of nitrogen functional groups attached to an aromatic ring is 1. The molecule has 3 N–H and O–H groups in total. The molecule has 1 aromatic rings. The molecular formula is C9H13N3O5S2. The lowest BCUT2D eigenvalue weighted by Gasteiger charge is -2.07. The number of benzene rings is 1. The van der Waals surface area contributed by atoms with Crippen molar-refractivity contribution in [3.63, 3.8) is 0 Å². The monoisotopic (exact) mass is 307 g/mol. The first-order chi connectivity index (χ1) is 8.74. The van der Waals surface area contributed by atoms with E-state index in [0.29, 0.717) is 0 Å². The van der Waals surface area contributed by atoms with Crippen LogP contribution in [-0.4, -0.2) is 36.1 Å². The quantitative estimate of drug-likeness (QED) is 0.426. The van der Waals surface area contributed by atoms with Gasteiger partial charge >= 0.3 is 0 Å². The molecule has 0 saturated carbocycles. The van der Waals surface area contributed by atoms with E-state index in [4.69, 9.17) is 5.73 Å². The van der Waals surface area contributed by atoms with Crippen LogP contribution in [0.15, 0.2) is 23.1 Å². The van der Waals surface area contributed by atoms with E-state index in [1.54, 1.807) is 0 Å². The SMILES string of the molecule is CS(=O)CCNS(=O)(=O)c1ccc(N)cc1[N+](=O)[O-]. The number of hydrogen-bond acceptors (Lipinski definition) is 6. The standard InChI is InChI=1S/C9H13N3O5S2/c1-18(15)5-4-11-19(16,17)9-3-2-7(10)6-8(9)12(13)14/h2-3,6,11H,4-5,10H2,1H3. The van der Waals surface area contributed by atoms with Gasteiger partial charge in [0.2, 0.25) is 10.0 Å². The van der Waals surface area contributed by atoms with Gasteiger partial charge in [-0.25, -0.2) is 13.1 Å². The van der Waals surface area contributed by atoms with Crippen molar-refractivity contribution in [2.75, 3.05) is 24.3 Å². The van der Waals surface area contributed by atoms with Crippen LogP contribution in [0.2, 0.25) is 0 Å². The lowest BCUT2D eigenvalue weighted by Crippen LogP contribution is -2.28. The number of rotatable bonds is 6. The summed E-state index contributed by atoms with van der Waals surface area (Å²) >= 11 is 0. The average Bonchev–Trinajstić information content (AvgIpc) is 2.27. The molecule has 1 unspecified atom stereocenters. The van der Waals surface area contributed by atoms with Gasteiger partial charge in [-0.05, 0) is 12.1 Å². The first-order valence-corrected chi connectivity index (χ1v) is 8.28. The van der Waals surface area contributed by atoms with Crippen LogP contribution in [0.5, 0.6) is 0 Å². The van der Waals surface area contributed by atoms with E-state index in [1.165, 1.54) is 12.3 Å². The lowest BCUT2D eigenvalue weighted by molar-refractivity contribution is -0.387. The molecule has 1 rings (SSSR count). The molecular weight excluding hydrogens is 294 g/mol. The Labute approximate surface area is 112 Å². The molecule has 1 atom stereocenters. The van der Waals surface area contributed by atoms with Crippen LogP contribution in [0.1, 0.15) is 0 Å². The number of anilines is 1. The molecule has 0 heterocycles. The maximum Gasteiger partial charge on any atom is 0.291 e. The molecule has 106 valence electrons. The topological polar surface area (TPSA) is 132 Å². The third-order valence-corrected chi connectivity index (χ3v) is 4.44. The first-order valence-electron chi connectivity index (χ1n) is 5.07. The number of nitro benzene ring substituents is 1. The molecule has 0 aliphatic carbocycles. The zero-order valence-corrected chi connectivity index (χ0v) is 11.7. The third-order valence-electron chi connectivity index (χ3n) is 2.15. The van der Waals surface area contributed by atoms with Gasteiger partial charge in [0.15, 0.2) is 4.90 Å². The highest BCUT2D eigenvalue weighted by Gasteiger charge is 2.25. The molecule has 19 heavy (non-hydrogen) atoms. The molecule has 0 bridgehead atoms. The Balaban J connectivity index is 3.07. The number of nitrogens with two attached hydrogens (primary N) is 1. The van der Waals surface area contributed by atoms with Crippen molar-refractivity contribution < 1.29 is 17.6 Å². The first kappa shape index (κ1) is 15.5. The van der Waals surface area contributed by atoms with Gasteiger partial charge in [-0.2, -0.15) is 0 Å². The van der Waals surface area contributed by atoms with Gasteiger partial charge in [-0.3, -0.25) is 14.3 Å². The number of nitrogens with zero attached hydrogens (tertiary/aromatic N) is 1. The lowest BCUT2D eigenvalue weighted by atomic mass is 10.3. The van der Waals surface area contributed by atoms with Crippen LogP contribution in [0, 0.1) is 10.1 Å². The zero-order valence-electron chi connectivity index (χ0n) is 10.0. The van der Waals surface area contributed by atoms with E-state index in [1.807, 2.05) is 0 Å². The number of hydrogen-bond donors (Lipinski definition) is 2. The van der Waals surface area contributed by atoms with Gasteiger partial charge in [-0.15, -0.1) is 0 Å². The fourth-order valence-electron chi connectivity index (χ4n) is 1.30. The van der Waals surface area contributed by atoms with Crippen LogP contribution >= 0.6 is 0 Å². The number of sulfonamides is 1. The van der Waals surface area contributed by atoms with Crippen LogP contribution in [-0.2, 0) is 20.8 Å². The fraction of sp³-hybridized carbons (Fsp3) is 0.333. The summed E-state index contributed by atoms with van der Waals surface area (Å²) in [5.41, 5.74) is 4.89. The highest BCUT2D eigenvalue weighted by Crippen LogP contribution is 2.25. The molecule has 0 spiro atoms. The normalized spacial score (nSPS) is 13.1. The number of nitro groups is 1. The van der Waals surface area contributed by atoms with Crippen molar-refractivity contribution in [2.45, 2.75) is 4.90 Å². The minimum Gasteiger partial charge on any atom is -0.399 e. The fourth-order valence-corrected chi connectivity index (χ4v) is 3.00. The Morgan fingerprint density at radius 2 is 2.11 bits per heavy atom. The second-order valence-electron chi connectivity index (χ2n) is 3.66. The average molecular weight is 307 g/mol. The zero-order chi connectivity index (χ0) is 14.6. The molecule has 10 heteroatoms. The van der Waals surface area contributed by atoms with E-state index in [2.05, 4.69) is 4.72 Å². The van der Waals surface area contributed by atoms with Crippen LogP contribution < -0.4 is 10.5 Å². The highest BCUT2D eigenvalue weighted by atomic mass is 32.2. The van der Waals surface area contributed by atoms with Gasteiger partial charge in [0.05, 0.1) is 4.92 Å². The molecule has 0 aromatic heterocycles. The summed E-state index contributed by atoms with van der Waals surface area (Å²) in [5, 5.41) is 10.8. The van der Waals surface area contributed by atoms with Gasteiger partial charge in [0.1, 0.15) is 0 Å². The van der Waals surface area contributed by atoms with Crippen molar-refractivity contribution in [3.8, 4) is 0 Å². The summed E-state index contributed by atoms with van der Waals surface area (Å²) in [4.78, 5) is 9.53.